The average molecular weight is 266 g/mol. The summed E-state index contributed by atoms with van der Waals surface area (Å²) in [4.78, 5) is 12.2. The number of halogens is 2. The number of hydrogen-bond acceptors (Lipinski definition) is 2. The van der Waals surface area contributed by atoms with Gasteiger partial charge in [-0.3, -0.25) is 9.48 Å². The van der Waals surface area contributed by atoms with Crippen LogP contribution in [0.25, 0.3) is 11.1 Å². The van der Waals surface area contributed by atoms with E-state index in [2.05, 4.69) is 0 Å². The minimum atomic E-state index is -0.595. The van der Waals surface area contributed by atoms with Crippen LogP contribution in [-0.2, 0) is 17.8 Å². The summed E-state index contributed by atoms with van der Waals surface area (Å²) in [5.74, 6) is -1.01. The normalized spacial score (nSPS) is 15.1. The van der Waals surface area contributed by atoms with E-state index in [-0.39, 0.29) is 5.56 Å². The van der Waals surface area contributed by atoms with Crippen LogP contribution in [0, 0.1) is 11.8 Å². The van der Waals surface area contributed by atoms with E-state index in [9.17, 15) is 13.6 Å². The number of benzene rings is 1. The van der Waals surface area contributed by atoms with Gasteiger partial charge in [0.15, 0.2) is 0 Å². The summed E-state index contributed by atoms with van der Waals surface area (Å²) in [6, 6.07) is 5.24. The zero-order valence-corrected chi connectivity index (χ0v) is 10.1. The number of fused-ring (bicyclic) bond motifs is 1. The van der Waals surface area contributed by atoms with Crippen molar-refractivity contribution in [2.45, 2.75) is 13.1 Å². The minimum Gasteiger partial charge on any atom is -0.378 e. The van der Waals surface area contributed by atoms with Crippen molar-refractivity contribution < 1.29 is 13.5 Å². The van der Waals surface area contributed by atoms with E-state index in [1.807, 2.05) is 0 Å². The Morgan fingerprint density at radius 1 is 1.00 bits per heavy atom. The van der Waals surface area contributed by atoms with E-state index in [4.69, 9.17) is 4.74 Å². The number of ether oxygens (including phenoxy) is 1. The van der Waals surface area contributed by atoms with Crippen LogP contribution in [0.3, 0.4) is 0 Å². The summed E-state index contributed by atoms with van der Waals surface area (Å²) in [5.41, 5.74) is -0.0330. The minimum absolute atomic E-state index is 0.0121. The lowest BCUT2D eigenvalue weighted by atomic mass is 10.1. The number of hydrogen-bond donors (Lipinski definition) is 0. The lowest BCUT2D eigenvalue weighted by Crippen LogP contribution is -2.23. The second kappa shape index (κ2) is 4.62. The fourth-order valence-electron chi connectivity index (χ4n) is 2.27. The average Bonchev–Trinajstić information content (AvgIpc) is 2.61. The Balaban J connectivity index is 2.17. The lowest BCUT2D eigenvalue weighted by Gasteiger charge is -2.04. The summed E-state index contributed by atoms with van der Waals surface area (Å²) < 4.78 is 35.0. The van der Waals surface area contributed by atoms with Gasteiger partial charge in [0.2, 0.25) is 5.95 Å². The molecule has 0 fully saturated rings. The topological polar surface area (TPSA) is 36.2 Å². The summed E-state index contributed by atoms with van der Waals surface area (Å²) >= 11 is 0. The number of nitrogens with zero attached hydrogens (tertiary/aromatic N) is 2. The molecule has 6 heteroatoms. The summed E-state index contributed by atoms with van der Waals surface area (Å²) in [6.45, 7) is 1.36. The van der Waals surface area contributed by atoms with Crippen LogP contribution >= 0.6 is 0 Å². The first-order valence-corrected chi connectivity index (χ1v) is 6.01. The largest absolute Gasteiger partial charge is 0.378 e. The fraction of sp³-hybridized carbons (Fsp3) is 0.308. The molecule has 0 N–H and O–H groups in total. The smallest absolute Gasteiger partial charge is 0.277 e. The first-order chi connectivity index (χ1) is 9.18. The van der Waals surface area contributed by atoms with Gasteiger partial charge in [0.25, 0.3) is 5.56 Å². The highest BCUT2D eigenvalue weighted by Crippen LogP contribution is 2.20. The second-order valence-corrected chi connectivity index (χ2v) is 4.34. The fourth-order valence-corrected chi connectivity index (χ4v) is 2.27. The van der Waals surface area contributed by atoms with Crippen molar-refractivity contribution in [3.63, 3.8) is 0 Å². The Bertz CT molecular complexity index is 659. The molecule has 0 aliphatic carbocycles. The van der Waals surface area contributed by atoms with E-state index >= 15 is 0 Å². The molecule has 0 radical (unpaired) electrons. The van der Waals surface area contributed by atoms with Crippen molar-refractivity contribution in [2.75, 3.05) is 13.2 Å². The van der Waals surface area contributed by atoms with Gasteiger partial charge in [0.05, 0.1) is 26.3 Å². The molecule has 19 heavy (non-hydrogen) atoms. The van der Waals surface area contributed by atoms with Gasteiger partial charge in [-0.15, -0.1) is 0 Å². The highest BCUT2D eigenvalue weighted by Gasteiger charge is 2.22. The predicted octanol–water partition coefficient (Wildman–Crippen LogP) is 1.63. The van der Waals surface area contributed by atoms with Crippen molar-refractivity contribution in [1.29, 1.82) is 0 Å². The molecule has 0 atom stereocenters. The van der Waals surface area contributed by atoms with Crippen molar-refractivity contribution in [3.8, 4) is 11.1 Å². The van der Waals surface area contributed by atoms with Gasteiger partial charge in [0, 0.05) is 0 Å². The summed E-state index contributed by atoms with van der Waals surface area (Å²) in [5, 5.41) is 0. The molecule has 1 aliphatic rings. The molecule has 0 spiro atoms. The van der Waals surface area contributed by atoms with Crippen LogP contribution in [0.1, 0.15) is 0 Å². The van der Waals surface area contributed by atoms with Crippen molar-refractivity contribution >= 4 is 0 Å². The Morgan fingerprint density at radius 3 is 2.32 bits per heavy atom. The Hall–Kier alpha value is -1.95. The predicted molar refractivity (Wildman–Crippen MR) is 64.9 cm³/mol. The van der Waals surface area contributed by atoms with Crippen LogP contribution in [0.5, 0.6) is 0 Å². The maximum atomic E-state index is 14.3. The molecular formula is C13H12F2N2O2. The van der Waals surface area contributed by atoms with Crippen LogP contribution in [0.4, 0.5) is 8.78 Å². The zero-order chi connectivity index (χ0) is 13.4. The van der Waals surface area contributed by atoms with E-state index in [1.54, 1.807) is 0 Å². The van der Waals surface area contributed by atoms with Crippen LogP contribution < -0.4 is 5.56 Å². The third-order valence-electron chi connectivity index (χ3n) is 3.20. The molecule has 0 bridgehead atoms. The highest BCUT2D eigenvalue weighted by molar-refractivity contribution is 5.62. The number of aromatic nitrogens is 2. The van der Waals surface area contributed by atoms with Gasteiger partial charge in [0.1, 0.15) is 11.4 Å². The van der Waals surface area contributed by atoms with E-state index in [1.165, 1.54) is 33.6 Å². The first kappa shape index (κ1) is 12.1. The Morgan fingerprint density at radius 2 is 1.63 bits per heavy atom. The van der Waals surface area contributed by atoms with Gasteiger partial charge in [-0.25, -0.2) is 9.07 Å². The standard InChI is InChI=1S/C13H12F2N2O2/c14-10-3-1-9(2-4-10)11-12(15)16-5-7-19-8-6-17(16)13(11)18/h1-4H,5-8H2. The molecule has 4 nitrogen and oxygen atoms in total. The lowest BCUT2D eigenvalue weighted by molar-refractivity contribution is 0.136. The SMILES string of the molecule is O=c1c(-c2ccc(F)cc2)c(F)n2n1CCOCC2. The monoisotopic (exact) mass is 266 g/mol. The Labute approximate surface area is 107 Å². The molecular weight excluding hydrogens is 254 g/mol. The Kier molecular flexibility index (Phi) is 2.94. The van der Waals surface area contributed by atoms with Crippen molar-refractivity contribution in [1.82, 2.24) is 9.36 Å². The maximum absolute atomic E-state index is 14.3. The van der Waals surface area contributed by atoms with Gasteiger partial charge >= 0.3 is 0 Å². The van der Waals surface area contributed by atoms with E-state index in [0.717, 1.165) is 0 Å². The molecule has 1 aromatic heterocycles. The molecule has 100 valence electrons. The van der Waals surface area contributed by atoms with Crippen LogP contribution in [-0.4, -0.2) is 22.6 Å². The molecule has 0 saturated carbocycles. The van der Waals surface area contributed by atoms with Crippen molar-refractivity contribution in [3.05, 3.63) is 46.4 Å². The van der Waals surface area contributed by atoms with Gasteiger partial charge < -0.3 is 4.74 Å². The van der Waals surface area contributed by atoms with Gasteiger partial charge in [-0.1, -0.05) is 12.1 Å². The molecule has 2 heterocycles. The van der Waals surface area contributed by atoms with E-state index in [0.29, 0.717) is 31.9 Å². The van der Waals surface area contributed by atoms with Crippen molar-refractivity contribution in [2.24, 2.45) is 0 Å². The zero-order valence-electron chi connectivity index (χ0n) is 10.1. The second-order valence-electron chi connectivity index (χ2n) is 4.34. The highest BCUT2D eigenvalue weighted by atomic mass is 19.1. The summed E-state index contributed by atoms with van der Waals surface area (Å²) in [7, 11) is 0. The summed E-state index contributed by atoms with van der Waals surface area (Å²) in [6.07, 6.45) is 0. The molecule has 0 saturated heterocycles. The molecule has 0 amide bonds. The van der Waals surface area contributed by atoms with E-state index < -0.39 is 17.3 Å². The molecule has 1 aliphatic heterocycles. The first-order valence-electron chi connectivity index (χ1n) is 6.01. The molecule has 0 unspecified atom stereocenters. The molecule has 3 rings (SSSR count). The van der Waals surface area contributed by atoms with Crippen LogP contribution in [0.15, 0.2) is 29.1 Å². The third-order valence-corrected chi connectivity index (χ3v) is 3.20. The maximum Gasteiger partial charge on any atom is 0.277 e. The van der Waals surface area contributed by atoms with Gasteiger partial charge in [-0.2, -0.15) is 4.39 Å². The van der Waals surface area contributed by atoms with Crippen LogP contribution in [0.2, 0.25) is 0 Å². The third kappa shape index (κ3) is 1.98. The number of rotatable bonds is 1. The molecule has 1 aromatic carbocycles. The molecule has 2 aromatic rings. The quantitative estimate of drug-likeness (QED) is 0.786. The van der Waals surface area contributed by atoms with Gasteiger partial charge in [-0.05, 0) is 17.7 Å².